The quantitative estimate of drug-likeness (QED) is 0.775. The first-order valence-corrected chi connectivity index (χ1v) is 5.66. The van der Waals surface area contributed by atoms with Crippen LogP contribution < -0.4 is 0 Å². The van der Waals surface area contributed by atoms with E-state index < -0.39 is 30.3 Å². The maximum atomic E-state index is 13.5. The van der Waals surface area contributed by atoms with Crippen LogP contribution >= 0.6 is 0 Å². The van der Waals surface area contributed by atoms with E-state index in [1.807, 2.05) is 0 Å². The third-order valence-corrected chi connectivity index (χ3v) is 2.57. The standard InChI is InChI=1S/C11H19F2NO3/c1-10(2,3)17-9(16)14-6-4-5-11(12,13)8(14)7-15/h8,15H,4-7H2,1-3H3. The number of amides is 1. The number of likely N-dealkylation sites (tertiary alicyclic amines) is 1. The zero-order valence-electron chi connectivity index (χ0n) is 10.4. The fourth-order valence-corrected chi connectivity index (χ4v) is 1.81. The van der Waals surface area contributed by atoms with Gasteiger partial charge in [-0.3, -0.25) is 4.90 Å². The van der Waals surface area contributed by atoms with Crippen molar-refractivity contribution in [3.63, 3.8) is 0 Å². The monoisotopic (exact) mass is 251 g/mol. The molecule has 1 fully saturated rings. The molecule has 1 rings (SSSR count). The van der Waals surface area contributed by atoms with Gasteiger partial charge in [-0.25, -0.2) is 13.6 Å². The van der Waals surface area contributed by atoms with Gasteiger partial charge in [0.15, 0.2) is 0 Å². The van der Waals surface area contributed by atoms with Crippen molar-refractivity contribution in [1.29, 1.82) is 0 Å². The summed E-state index contributed by atoms with van der Waals surface area (Å²) in [5, 5.41) is 9.01. The second-order valence-electron chi connectivity index (χ2n) is 5.24. The van der Waals surface area contributed by atoms with Crippen LogP contribution in [0.25, 0.3) is 0 Å². The molecule has 0 aromatic heterocycles. The summed E-state index contributed by atoms with van der Waals surface area (Å²) in [6.07, 6.45) is -0.892. The summed E-state index contributed by atoms with van der Waals surface area (Å²) in [6.45, 7) is 4.44. The van der Waals surface area contributed by atoms with Gasteiger partial charge < -0.3 is 9.84 Å². The molecule has 1 amide bonds. The summed E-state index contributed by atoms with van der Waals surface area (Å²) < 4.78 is 32.1. The minimum atomic E-state index is -3.05. The van der Waals surface area contributed by atoms with Crippen LogP contribution in [0.4, 0.5) is 13.6 Å². The Kier molecular flexibility index (Phi) is 3.96. The van der Waals surface area contributed by atoms with Crippen molar-refractivity contribution in [2.75, 3.05) is 13.2 Å². The molecule has 0 bridgehead atoms. The molecule has 100 valence electrons. The second kappa shape index (κ2) is 4.76. The fourth-order valence-electron chi connectivity index (χ4n) is 1.81. The Bertz CT molecular complexity index is 289. The highest BCUT2D eigenvalue weighted by atomic mass is 19.3. The molecule has 1 heterocycles. The maximum absolute atomic E-state index is 13.5. The normalized spacial score (nSPS) is 24.6. The SMILES string of the molecule is CC(C)(C)OC(=O)N1CCCC(F)(F)C1CO. The van der Waals surface area contributed by atoms with Crippen molar-refractivity contribution < 1.29 is 23.4 Å². The Labute approximate surface area is 99.5 Å². The van der Waals surface area contributed by atoms with E-state index in [0.717, 1.165) is 4.90 Å². The van der Waals surface area contributed by atoms with Crippen LogP contribution in [0.5, 0.6) is 0 Å². The van der Waals surface area contributed by atoms with Crippen molar-refractivity contribution >= 4 is 6.09 Å². The van der Waals surface area contributed by atoms with E-state index in [2.05, 4.69) is 0 Å². The molecule has 4 nitrogen and oxygen atoms in total. The first kappa shape index (κ1) is 14.2. The average molecular weight is 251 g/mol. The summed E-state index contributed by atoms with van der Waals surface area (Å²) in [7, 11) is 0. The Morgan fingerprint density at radius 3 is 2.59 bits per heavy atom. The molecular formula is C11H19F2NO3. The van der Waals surface area contributed by atoms with Gasteiger partial charge in [0.25, 0.3) is 5.92 Å². The number of rotatable bonds is 1. The highest BCUT2D eigenvalue weighted by Gasteiger charge is 2.48. The van der Waals surface area contributed by atoms with Crippen LogP contribution in [0.15, 0.2) is 0 Å². The van der Waals surface area contributed by atoms with E-state index in [1.54, 1.807) is 20.8 Å². The average Bonchev–Trinajstić information content (AvgIpc) is 2.13. The van der Waals surface area contributed by atoms with Gasteiger partial charge in [-0.05, 0) is 27.2 Å². The van der Waals surface area contributed by atoms with E-state index in [-0.39, 0.29) is 19.4 Å². The Balaban J connectivity index is 2.78. The number of carbonyl (C=O) groups is 1. The number of hydrogen-bond donors (Lipinski definition) is 1. The van der Waals surface area contributed by atoms with E-state index in [1.165, 1.54) is 0 Å². The lowest BCUT2D eigenvalue weighted by atomic mass is 9.99. The first-order chi connectivity index (χ1) is 7.67. The predicted molar refractivity (Wildman–Crippen MR) is 58.0 cm³/mol. The third kappa shape index (κ3) is 3.52. The third-order valence-electron chi connectivity index (χ3n) is 2.57. The van der Waals surface area contributed by atoms with Crippen LogP contribution in [-0.4, -0.2) is 46.8 Å². The molecule has 1 unspecified atom stereocenters. The van der Waals surface area contributed by atoms with Crippen molar-refractivity contribution in [2.24, 2.45) is 0 Å². The van der Waals surface area contributed by atoms with Crippen LogP contribution in [0.2, 0.25) is 0 Å². The second-order valence-corrected chi connectivity index (χ2v) is 5.24. The maximum Gasteiger partial charge on any atom is 0.410 e. The largest absolute Gasteiger partial charge is 0.444 e. The highest BCUT2D eigenvalue weighted by Crippen LogP contribution is 2.33. The van der Waals surface area contributed by atoms with Gasteiger partial charge in [-0.15, -0.1) is 0 Å². The van der Waals surface area contributed by atoms with Crippen LogP contribution in [0.3, 0.4) is 0 Å². The Hall–Kier alpha value is -0.910. The number of hydrogen-bond acceptors (Lipinski definition) is 3. The van der Waals surface area contributed by atoms with Gasteiger partial charge in [0, 0.05) is 13.0 Å². The summed E-state index contributed by atoms with van der Waals surface area (Å²) in [4.78, 5) is 12.7. The van der Waals surface area contributed by atoms with Crippen LogP contribution in [0.1, 0.15) is 33.6 Å². The lowest BCUT2D eigenvalue weighted by Gasteiger charge is -2.40. The Morgan fingerprint density at radius 2 is 2.12 bits per heavy atom. The van der Waals surface area contributed by atoms with E-state index in [0.29, 0.717) is 0 Å². The summed E-state index contributed by atoms with van der Waals surface area (Å²) in [5.74, 6) is -3.05. The molecule has 1 aliphatic heterocycles. The molecule has 1 saturated heterocycles. The summed E-state index contributed by atoms with van der Waals surface area (Å²) in [6, 6.07) is -1.48. The van der Waals surface area contributed by atoms with Crippen molar-refractivity contribution in [3.05, 3.63) is 0 Å². The summed E-state index contributed by atoms with van der Waals surface area (Å²) in [5.41, 5.74) is -0.732. The Morgan fingerprint density at radius 1 is 1.53 bits per heavy atom. The molecular weight excluding hydrogens is 232 g/mol. The molecule has 17 heavy (non-hydrogen) atoms. The molecule has 6 heteroatoms. The van der Waals surface area contributed by atoms with Gasteiger partial charge in [0.2, 0.25) is 0 Å². The number of piperidine rings is 1. The van der Waals surface area contributed by atoms with Crippen molar-refractivity contribution in [3.8, 4) is 0 Å². The fraction of sp³-hybridized carbons (Fsp3) is 0.909. The number of ether oxygens (including phenoxy) is 1. The van der Waals surface area contributed by atoms with Gasteiger partial charge in [0.1, 0.15) is 11.6 Å². The van der Waals surface area contributed by atoms with E-state index >= 15 is 0 Å². The first-order valence-electron chi connectivity index (χ1n) is 5.66. The summed E-state index contributed by atoms with van der Waals surface area (Å²) >= 11 is 0. The van der Waals surface area contributed by atoms with E-state index in [4.69, 9.17) is 9.84 Å². The number of nitrogens with zero attached hydrogens (tertiary/aromatic N) is 1. The van der Waals surface area contributed by atoms with Crippen LogP contribution in [0, 0.1) is 0 Å². The number of alkyl halides is 2. The number of halogens is 2. The zero-order valence-corrected chi connectivity index (χ0v) is 10.4. The molecule has 0 aliphatic carbocycles. The lowest BCUT2D eigenvalue weighted by Crippen LogP contribution is -2.57. The molecule has 0 aromatic carbocycles. The van der Waals surface area contributed by atoms with Crippen molar-refractivity contribution in [2.45, 2.75) is 51.2 Å². The number of aliphatic hydroxyl groups is 1. The molecule has 0 spiro atoms. The molecule has 0 radical (unpaired) electrons. The van der Waals surface area contributed by atoms with Gasteiger partial charge in [-0.2, -0.15) is 0 Å². The molecule has 1 aliphatic rings. The van der Waals surface area contributed by atoms with Gasteiger partial charge in [-0.1, -0.05) is 0 Å². The molecule has 1 atom stereocenters. The highest BCUT2D eigenvalue weighted by molar-refractivity contribution is 5.69. The minimum absolute atomic E-state index is 0.190. The number of carbonyl (C=O) groups excluding carboxylic acids is 1. The lowest BCUT2D eigenvalue weighted by molar-refractivity contribution is -0.124. The molecule has 1 N–H and O–H groups in total. The minimum Gasteiger partial charge on any atom is -0.444 e. The van der Waals surface area contributed by atoms with E-state index in [9.17, 15) is 13.6 Å². The molecule has 0 aromatic rings. The number of aliphatic hydroxyl groups excluding tert-OH is 1. The van der Waals surface area contributed by atoms with Gasteiger partial charge in [0.05, 0.1) is 6.61 Å². The zero-order chi connectivity index (χ0) is 13.3. The van der Waals surface area contributed by atoms with Gasteiger partial charge >= 0.3 is 6.09 Å². The van der Waals surface area contributed by atoms with Crippen LogP contribution in [-0.2, 0) is 4.74 Å². The predicted octanol–water partition coefficient (Wildman–Crippen LogP) is 2.01. The smallest absolute Gasteiger partial charge is 0.410 e. The molecule has 0 saturated carbocycles. The van der Waals surface area contributed by atoms with Crippen molar-refractivity contribution in [1.82, 2.24) is 4.90 Å². The topological polar surface area (TPSA) is 49.8 Å².